The maximum atomic E-state index is 11.7. The summed E-state index contributed by atoms with van der Waals surface area (Å²) in [5.74, 6) is 0.0144. The molecule has 0 spiro atoms. The van der Waals surface area contributed by atoms with Gasteiger partial charge in [0.15, 0.2) is 0 Å². The van der Waals surface area contributed by atoms with Crippen LogP contribution in [0.3, 0.4) is 0 Å². The number of hydrogen-bond donors (Lipinski definition) is 2. The molecule has 1 rings (SSSR count). The third-order valence-electron chi connectivity index (χ3n) is 2.14. The van der Waals surface area contributed by atoms with Crippen molar-refractivity contribution in [2.45, 2.75) is 27.2 Å². The molecule has 0 bridgehead atoms. The van der Waals surface area contributed by atoms with Crippen LogP contribution in [-0.2, 0) is 4.79 Å². The van der Waals surface area contributed by atoms with E-state index in [4.69, 9.17) is 18.0 Å². The zero-order chi connectivity index (χ0) is 13.1. The normalized spacial score (nSPS) is 11.0. The Labute approximate surface area is 107 Å². The van der Waals surface area contributed by atoms with Gasteiger partial charge in [-0.25, -0.2) is 0 Å². The van der Waals surface area contributed by atoms with Gasteiger partial charge in [-0.05, 0) is 29.7 Å². The molecule has 0 aliphatic carbocycles. The molecule has 92 valence electrons. The number of carbonyl (C=O) groups excluding carboxylic acids is 1. The summed E-state index contributed by atoms with van der Waals surface area (Å²) in [6, 6.07) is 7.20. The molecule has 0 saturated heterocycles. The van der Waals surface area contributed by atoms with E-state index in [9.17, 15) is 4.79 Å². The molecule has 17 heavy (non-hydrogen) atoms. The van der Waals surface area contributed by atoms with Gasteiger partial charge in [-0.3, -0.25) is 4.79 Å². The molecule has 0 atom stereocenters. The number of hydrogen-bond acceptors (Lipinski definition) is 2. The first-order valence-corrected chi connectivity index (χ1v) is 5.88. The van der Waals surface area contributed by atoms with Crippen LogP contribution in [0.1, 0.15) is 32.8 Å². The highest BCUT2D eigenvalue weighted by Crippen LogP contribution is 2.19. The lowest BCUT2D eigenvalue weighted by molar-refractivity contribution is -0.117. The van der Waals surface area contributed by atoms with Gasteiger partial charge >= 0.3 is 0 Å². The van der Waals surface area contributed by atoms with Crippen LogP contribution in [-0.4, -0.2) is 10.9 Å². The number of nitrogens with two attached hydrogens (primary N) is 1. The Morgan fingerprint density at radius 2 is 1.82 bits per heavy atom. The first kappa shape index (κ1) is 13.6. The smallest absolute Gasteiger partial charge is 0.224 e. The van der Waals surface area contributed by atoms with E-state index in [0.29, 0.717) is 11.4 Å². The van der Waals surface area contributed by atoms with Crippen molar-refractivity contribution in [2.24, 2.45) is 11.1 Å². The number of nitrogens with one attached hydrogen (secondary N) is 1. The molecule has 0 unspecified atom stereocenters. The van der Waals surface area contributed by atoms with Gasteiger partial charge in [-0.2, -0.15) is 0 Å². The molecule has 4 heteroatoms. The van der Waals surface area contributed by atoms with E-state index in [1.807, 2.05) is 20.8 Å². The Balaban J connectivity index is 2.64. The summed E-state index contributed by atoms with van der Waals surface area (Å²) in [5, 5.41) is 2.84. The van der Waals surface area contributed by atoms with Gasteiger partial charge in [0, 0.05) is 17.7 Å². The van der Waals surface area contributed by atoms with Crippen LogP contribution in [0.4, 0.5) is 5.69 Å². The lowest BCUT2D eigenvalue weighted by atomic mass is 9.92. The van der Waals surface area contributed by atoms with Crippen molar-refractivity contribution in [1.29, 1.82) is 0 Å². The maximum absolute atomic E-state index is 11.7. The van der Waals surface area contributed by atoms with E-state index < -0.39 is 0 Å². The van der Waals surface area contributed by atoms with E-state index in [1.54, 1.807) is 24.3 Å². The number of carbonyl (C=O) groups is 1. The molecule has 0 aliphatic heterocycles. The van der Waals surface area contributed by atoms with Crippen molar-refractivity contribution in [1.82, 2.24) is 0 Å². The number of benzene rings is 1. The molecule has 0 saturated carbocycles. The van der Waals surface area contributed by atoms with Gasteiger partial charge in [-0.1, -0.05) is 33.0 Å². The third-order valence-corrected chi connectivity index (χ3v) is 2.38. The largest absolute Gasteiger partial charge is 0.389 e. The van der Waals surface area contributed by atoms with Crippen LogP contribution in [0.15, 0.2) is 24.3 Å². The minimum absolute atomic E-state index is 0.0111. The number of thiocarbonyl (C=S) groups is 1. The standard InChI is InChI=1S/C13H18N2OS/c1-13(2,3)8-11(16)15-10-6-4-9(5-7-10)12(14)17/h4-7H,8H2,1-3H3,(H2,14,17)(H,15,16). The molecule has 1 aromatic rings. The zero-order valence-electron chi connectivity index (χ0n) is 10.4. The molecule has 0 radical (unpaired) electrons. The van der Waals surface area contributed by atoms with Crippen LogP contribution < -0.4 is 11.1 Å². The van der Waals surface area contributed by atoms with Gasteiger partial charge < -0.3 is 11.1 Å². The lowest BCUT2D eigenvalue weighted by Gasteiger charge is -2.17. The second-order valence-electron chi connectivity index (χ2n) is 5.23. The monoisotopic (exact) mass is 250 g/mol. The van der Waals surface area contributed by atoms with Gasteiger partial charge in [0.05, 0.1) is 0 Å². The molecule has 0 heterocycles. The molecule has 3 N–H and O–H groups in total. The molecule has 0 aliphatic rings. The average Bonchev–Trinajstić information content (AvgIpc) is 2.15. The Kier molecular flexibility index (Phi) is 4.23. The summed E-state index contributed by atoms with van der Waals surface area (Å²) in [4.78, 5) is 12.0. The fourth-order valence-electron chi connectivity index (χ4n) is 1.40. The summed E-state index contributed by atoms with van der Waals surface area (Å²) in [5.41, 5.74) is 7.04. The maximum Gasteiger partial charge on any atom is 0.224 e. The highest BCUT2D eigenvalue weighted by Gasteiger charge is 2.15. The Morgan fingerprint density at radius 1 is 1.29 bits per heavy atom. The van der Waals surface area contributed by atoms with Crippen LogP contribution in [0.2, 0.25) is 0 Å². The Bertz CT molecular complexity index is 418. The first-order valence-electron chi connectivity index (χ1n) is 5.48. The van der Waals surface area contributed by atoms with E-state index in [2.05, 4.69) is 5.32 Å². The molecular formula is C13H18N2OS. The fraction of sp³-hybridized carbons (Fsp3) is 0.385. The third kappa shape index (κ3) is 4.95. The summed E-state index contributed by atoms with van der Waals surface area (Å²) >= 11 is 4.86. The molecule has 0 aromatic heterocycles. The highest BCUT2D eigenvalue weighted by atomic mass is 32.1. The van der Waals surface area contributed by atoms with Crippen molar-refractivity contribution < 1.29 is 4.79 Å². The van der Waals surface area contributed by atoms with Crippen molar-refractivity contribution in [3.05, 3.63) is 29.8 Å². The van der Waals surface area contributed by atoms with Crippen molar-refractivity contribution in [2.75, 3.05) is 5.32 Å². The van der Waals surface area contributed by atoms with Crippen LogP contribution in [0, 0.1) is 5.41 Å². The summed E-state index contributed by atoms with van der Waals surface area (Å²) < 4.78 is 0. The summed E-state index contributed by atoms with van der Waals surface area (Å²) in [6.07, 6.45) is 0.490. The van der Waals surface area contributed by atoms with E-state index >= 15 is 0 Å². The van der Waals surface area contributed by atoms with Crippen LogP contribution in [0.25, 0.3) is 0 Å². The molecule has 0 fully saturated rings. The average molecular weight is 250 g/mol. The Morgan fingerprint density at radius 3 is 2.24 bits per heavy atom. The number of anilines is 1. The van der Waals surface area contributed by atoms with Gasteiger partial charge in [0.1, 0.15) is 4.99 Å². The fourth-order valence-corrected chi connectivity index (χ4v) is 1.54. The predicted octanol–water partition coefficient (Wildman–Crippen LogP) is 2.70. The summed E-state index contributed by atoms with van der Waals surface area (Å²) in [6.45, 7) is 6.09. The van der Waals surface area contributed by atoms with Crippen LogP contribution >= 0.6 is 12.2 Å². The van der Waals surface area contributed by atoms with Gasteiger partial charge in [-0.15, -0.1) is 0 Å². The van der Waals surface area contributed by atoms with Crippen molar-refractivity contribution in [3.8, 4) is 0 Å². The van der Waals surface area contributed by atoms with E-state index in [0.717, 1.165) is 11.3 Å². The van der Waals surface area contributed by atoms with Gasteiger partial charge in [0.25, 0.3) is 0 Å². The van der Waals surface area contributed by atoms with Crippen molar-refractivity contribution in [3.63, 3.8) is 0 Å². The van der Waals surface area contributed by atoms with E-state index in [1.165, 1.54) is 0 Å². The molecule has 1 aromatic carbocycles. The molecular weight excluding hydrogens is 232 g/mol. The van der Waals surface area contributed by atoms with Crippen LogP contribution in [0.5, 0.6) is 0 Å². The number of amides is 1. The van der Waals surface area contributed by atoms with Crippen molar-refractivity contribution >= 4 is 28.8 Å². The quantitative estimate of drug-likeness (QED) is 0.811. The predicted molar refractivity (Wildman–Crippen MR) is 75.0 cm³/mol. The first-order chi connectivity index (χ1) is 7.78. The van der Waals surface area contributed by atoms with E-state index in [-0.39, 0.29) is 11.3 Å². The zero-order valence-corrected chi connectivity index (χ0v) is 11.2. The summed E-state index contributed by atoms with van der Waals surface area (Å²) in [7, 11) is 0. The molecule has 3 nitrogen and oxygen atoms in total. The molecule has 1 amide bonds. The topological polar surface area (TPSA) is 55.1 Å². The lowest BCUT2D eigenvalue weighted by Crippen LogP contribution is -2.19. The Hall–Kier alpha value is -1.42. The number of rotatable bonds is 3. The SMILES string of the molecule is CC(C)(C)CC(=O)Nc1ccc(C(N)=S)cc1. The second-order valence-corrected chi connectivity index (χ2v) is 5.67. The highest BCUT2D eigenvalue weighted by molar-refractivity contribution is 7.80. The second kappa shape index (κ2) is 5.27. The van der Waals surface area contributed by atoms with Gasteiger partial charge in [0.2, 0.25) is 5.91 Å². The minimum Gasteiger partial charge on any atom is -0.389 e. The minimum atomic E-state index is -0.0111.